The first-order valence-corrected chi connectivity index (χ1v) is 9.48. The molecule has 0 N–H and O–H groups in total. The van der Waals surface area contributed by atoms with Crippen LogP contribution in [0.1, 0.15) is 22.8 Å². The molecule has 4 rings (SSSR count). The SMILES string of the molecule is CC1(C(=O)N2CCN(c3ccccc3[N+](=O)[O-])CC2)Cc2ccccc2C(=O)O1. The van der Waals surface area contributed by atoms with Gasteiger partial charge in [-0.1, -0.05) is 30.3 Å². The van der Waals surface area contributed by atoms with E-state index < -0.39 is 16.5 Å². The first kappa shape index (κ1) is 18.9. The number of fused-ring (bicyclic) bond motifs is 1. The summed E-state index contributed by atoms with van der Waals surface area (Å²) >= 11 is 0. The number of piperazine rings is 1. The molecule has 2 aliphatic heterocycles. The number of anilines is 1. The number of rotatable bonds is 3. The molecule has 1 unspecified atom stereocenters. The number of cyclic esters (lactones) is 1. The number of amides is 1. The monoisotopic (exact) mass is 395 g/mol. The topological polar surface area (TPSA) is 93.0 Å². The molecular formula is C21H21N3O5. The number of para-hydroxylation sites is 2. The molecule has 2 aromatic carbocycles. The lowest BCUT2D eigenvalue weighted by atomic mass is 9.88. The second-order valence-corrected chi connectivity index (χ2v) is 7.48. The quantitative estimate of drug-likeness (QED) is 0.450. The molecule has 2 aliphatic rings. The highest BCUT2D eigenvalue weighted by Crippen LogP contribution is 2.32. The lowest BCUT2D eigenvalue weighted by molar-refractivity contribution is -0.384. The van der Waals surface area contributed by atoms with Crippen LogP contribution in [0.5, 0.6) is 0 Å². The number of nitro benzene ring substituents is 1. The van der Waals surface area contributed by atoms with Gasteiger partial charge in [-0.15, -0.1) is 0 Å². The standard InChI is InChI=1S/C21H21N3O5/c1-21(14-15-6-2-3-7-16(15)19(25)29-21)20(26)23-12-10-22(11-13-23)17-8-4-5-9-18(17)24(27)28/h2-9H,10-14H2,1H3. The molecule has 0 radical (unpaired) electrons. The van der Waals surface area contributed by atoms with Gasteiger partial charge in [0.1, 0.15) is 5.69 Å². The van der Waals surface area contributed by atoms with Crippen molar-refractivity contribution in [1.82, 2.24) is 4.90 Å². The summed E-state index contributed by atoms with van der Waals surface area (Å²) < 4.78 is 5.54. The second-order valence-electron chi connectivity index (χ2n) is 7.48. The molecule has 1 amide bonds. The van der Waals surface area contributed by atoms with Crippen molar-refractivity contribution in [2.24, 2.45) is 0 Å². The van der Waals surface area contributed by atoms with Crippen molar-refractivity contribution in [1.29, 1.82) is 0 Å². The van der Waals surface area contributed by atoms with Crippen LogP contribution in [-0.4, -0.2) is 53.5 Å². The van der Waals surface area contributed by atoms with E-state index in [1.807, 2.05) is 17.0 Å². The molecule has 8 nitrogen and oxygen atoms in total. The molecule has 1 saturated heterocycles. The molecule has 29 heavy (non-hydrogen) atoms. The molecule has 0 spiro atoms. The van der Waals surface area contributed by atoms with Gasteiger partial charge in [0.2, 0.25) is 0 Å². The van der Waals surface area contributed by atoms with Gasteiger partial charge >= 0.3 is 5.97 Å². The zero-order valence-electron chi connectivity index (χ0n) is 16.0. The zero-order valence-corrected chi connectivity index (χ0v) is 16.0. The maximum Gasteiger partial charge on any atom is 0.339 e. The summed E-state index contributed by atoms with van der Waals surface area (Å²) in [4.78, 5) is 40.0. The Bertz CT molecular complexity index is 984. The Hall–Kier alpha value is -3.42. The average Bonchev–Trinajstić information content (AvgIpc) is 2.73. The van der Waals surface area contributed by atoms with Crippen molar-refractivity contribution in [3.05, 3.63) is 69.8 Å². The van der Waals surface area contributed by atoms with Gasteiger partial charge in [-0.3, -0.25) is 14.9 Å². The Morgan fingerprint density at radius 1 is 1.07 bits per heavy atom. The minimum absolute atomic E-state index is 0.0528. The largest absolute Gasteiger partial charge is 0.445 e. The molecule has 1 atom stereocenters. The van der Waals surface area contributed by atoms with E-state index in [1.54, 1.807) is 42.2 Å². The third-order valence-electron chi connectivity index (χ3n) is 5.52. The van der Waals surface area contributed by atoms with E-state index >= 15 is 0 Å². The highest BCUT2D eigenvalue weighted by molar-refractivity contribution is 5.97. The minimum atomic E-state index is -1.24. The molecule has 0 aromatic heterocycles. The summed E-state index contributed by atoms with van der Waals surface area (Å²) in [6, 6.07) is 13.8. The van der Waals surface area contributed by atoms with Crippen LogP contribution in [0.4, 0.5) is 11.4 Å². The van der Waals surface area contributed by atoms with Gasteiger partial charge in [0.05, 0.1) is 10.5 Å². The second kappa shape index (κ2) is 7.20. The number of hydrogen-bond donors (Lipinski definition) is 0. The van der Waals surface area contributed by atoms with Gasteiger partial charge in [-0.2, -0.15) is 0 Å². The lowest BCUT2D eigenvalue weighted by Crippen LogP contribution is -2.58. The molecular weight excluding hydrogens is 374 g/mol. The van der Waals surface area contributed by atoms with Crippen molar-refractivity contribution < 1.29 is 19.2 Å². The van der Waals surface area contributed by atoms with E-state index in [1.165, 1.54) is 6.07 Å². The molecule has 8 heteroatoms. The number of carbonyl (C=O) groups excluding carboxylic acids is 2. The van der Waals surface area contributed by atoms with Crippen molar-refractivity contribution in [3.63, 3.8) is 0 Å². The number of carbonyl (C=O) groups is 2. The van der Waals surface area contributed by atoms with Crippen molar-refractivity contribution >= 4 is 23.3 Å². The predicted molar refractivity (Wildman–Crippen MR) is 106 cm³/mol. The number of nitrogens with zero attached hydrogens (tertiary/aromatic N) is 3. The fraction of sp³-hybridized carbons (Fsp3) is 0.333. The minimum Gasteiger partial charge on any atom is -0.445 e. The van der Waals surface area contributed by atoms with Crippen molar-refractivity contribution in [3.8, 4) is 0 Å². The summed E-state index contributed by atoms with van der Waals surface area (Å²) in [7, 11) is 0. The van der Waals surface area contributed by atoms with Gasteiger partial charge in [0, 0.05) is 38.7 Å². The highest BCUT2D eigenvalue weighted by atomic mass is 16.6. The summed E-state index contributed by atoms with van der Waals surface area (Å²) in [5, 5.41) is 11.3. The molecule has 150 valence electrons. The molecule has 2 heterocycles. The summed E-state index contributed by atoms with van der Waals surface area (Å²) in [5.74, 6) is -0.719. The smallest absolute Gasteiger partial charge is 0.339 e. The van der Waals surface area contributed by atoms with Crippen LogP contribution >= 0.6 is 0 Å². The van der Waals surface area contributed by atoms with Crippen LogP contribution in [0.2, 0.25) is 0 Å². The number of nitro groups is 1. The summed E-state index contributed by atoms with van der Waals surface area (Å²) in [6.45, 7) is 3.39. The van der Waals surface area contributed by atoms with Crippen LogP contribution in [0.3, 0.4) is 0 Å². The molecule has 1 fully saturated rings. The average molecular weight is 395 g/mol. The van der Waals surface area contributed by atoms with E-state index in [2.05, 4.69) is 0 Å². The van der Waals surface area contributed by atoms with E-state index in [-0.39, 0.29) is 11.6 Å². The van der Waals surface area contributed by atoms with Gasteiger partial charge < -0.3 is 14.5 Å². The van der Waals surface area contributed by atoms with Crippen LogP contribution in [0.25, 0.3) is 0 Å². The van der Waals surface area contributed by atoms with E-state index in [0.717, 1.165) is 5.56 Å². The third-order valence-corrected chi connectivity index (χ3v) is 5.52. The Morgan fingerprint density at radius 3 is 2.45 bits per heavy atom. The van der Waals surface area contributed by atoms with Crippen LogP contribution in [-0.2, 0) is 16.0 Å². The van der Waals surface area contributed by atoms with E-state index in [0.29, 0.717) is 43.9 Å². The van der Waals surface area contributed by atoms with Crippen LogP contribution < -0.4 is 4.90 Å². The third kappa shape index (κ3) is 3.41. The number of benzene rings is 2. The number of esters is 1. The van der Waals surface area contributed by atoms with E-state index in [4.69, 9.17) is 4.74 Å². The van der Waals surface area contributed by atoms with Gasteiger partial charge in [0.25, 0.3) is 11.6 Å². The highest BCUT2D eigenvalue weighted by Gasteiger charge is 2.45. The van der Waals surface area contributed by atoms with Crippen molar-refractivity contribution in [2.45, 2.75) is 18.9 Å². The Kier molecular flexibility index (Phi) is 4.70. The zero-order chi connectivity index (χ0) is 20.6. The van der Waals surface area contributed by atoms with E-state index in [9.17, 15) is 19.7 Å². The number of ether oxygens (including phenoxy) is 1. The molecule has 0 aliphatic carbocycles. The maximum atomic E-state index is 13.2. The lowest BCUT2D eigenvalue weighted by Gasteiger charge is -2.41. The van der Waals surface area contributed by atoms with Gasteiger partial charge in [-0.05, 0) is 24.6 Å². The molecule has 2 aromatic rings. The fourth-order valence-electron chi connectivity index (χ4n) is 4.02. The maximum absolute atomic E-state index is 13.2. The molecule has 0 saturated carbocycles. The fourth-order valence-corrected chi connectivity index (χ4v) is 4.02. The number of hydrogen-bond acceptors (Lipinski definition) is 6. The predicted octanol–water partition coefficient (Wildman–Crippen LogP) is 2.42. The van der Waals surface area contributed by atoms with Crippen LogP contribution in [0.15, 0.2) is 48.5 Å². The Labute approximate surface area is 167 Å². The van der Waals surface area contributed by atoms with Crippen molar-refractivity contribution in [2.75, 3.05) is 31.1 Å². The van der Waals surface area contributed by atoms with Gasteiger partial charge in [-0.25, -0.2) is 4.79 Å². The first-order valence-electron chi connectivity index (χ1n) is 9.48. The summed E-state index contributed by atoms with van der Waals surface area (Å²) in [5.41, 5.74) is 0.662. The summed E-state index contributed by atoms with van der Waals surface area (Å²) in [6.07, 6.45) is 0.331. The van der Waals surface area contributed by atoms with Crippen LogP contribution in [0, 0.1) is 10.1 Å². The Morgan fingerprint density at radius 2 is 1.72 bits per heavy atom. The molecule has 0 bridgehead atoms. The normalized spacial score (nSPS) is 21.3. The van der Waals surface area contributed by atoms with Gasteiger partial charge in [0.15, 0.2) is 5.60 Å². The Balaban J connectivity index is 1.47. The first-order chi connectivity index (χ1) is 13.9.